The molecule has 0 aliphatic carbocycles. The smallest absolute Gasteiger partial charge is 0.303 e. The first-order valence-electron chi connectivity index (χ1n) is 7.14. The van der Waals surface area contributed by atoms with Crippen molar-refractivity contribution in [1.82, 2.24) is 4.90 Å². The van der Waals surface area contributed by atoms with E-state index in [0.29, 0.717) is 26.1 Å². The van der Waals surface area contributed by atoms with Crippen molar-refractivity contribution in [1.29, 1.82) is 0 Å². The summed E-state index contributed by atoms with van der Waals surface area (Å²) in [5.74, 6) is 0.116. The lowest BCUT2D eigenvalue weighted by Crippen LogP contribution is -2.50. The first-order valence-corrected chi connectivity index (χ1v) is 7.14. The Hall–Kier alpha value is -2.04. The summed E-state index contributed by atoms with van der Waals surface area (Å²) >= 11 is 0. The largest absolute Gasteiger partial charge is 0.493 e. The molecule has 1 N–H and O–H groups in total. The van der Waals surface area contributed by atoms with Crippen molar-refractivity contribution in [3.05, 3.63) is 29.3 Å². The van der Waals surface area contributed by atoms with E-state index in [2.05, 4.69) is 6.07 Å². The van der Waals surface area contributed by atoms with Gasteiger partial charge in [0.2, 0.25) is 5.91 Å². The van der Waals surface area contributed by atoms with Crippen LogP contribution in [0.2, 0.25) is 0 Å². The molecule has 5 nitrogen and oxygen atoms in total. The number of likely N-dealkylation sites (tertiary alicyclic amines) is 1. The fourth-order valence-corrected chi connectivity index (χ4v) is 2.58. The Bertz CT molecular complexity index is 515. The highest BCUT2D eigenvalue weighted by atomic mass is 16.5. The Morgan fingerprint density at radius 1 is 1.24 bits per heavy atom. The van der Waals surface area contributed by atoms with E-state index >= 15 is 0 Å². The number of carboxylic acid groups (broad SMARTS) is 1. The van der Waals surface area contributed by atoms with E-state index in [9.17, 15) is 9.59 Å². The highest BCUT2D eigenvalue weighted by molar-refractivity contribution is 5.77. The van der Waals surface area contributed by atoms with E-state index in [1.165, 1.54) is 0 Å². The summed E-state index contributed by atoms with van der Waals surface area (Å²) in [7, 11) is 0. The molecule has 5 heteroatoms. The van der Waals surface area contributed by atoms with Gasteiger partial charge < -0.3 is 14.7 Å². The molecule has 1 fully saturated rings. The Labute approximate surface area is 124 Å². The van der Waals surface area contributed by atoms with Crippen molar-refractivity contribution >= 4 is 11.9 Å². The number of amides is 1. The quantitative estimate of drug-likeness (QED) is 0.870. The van der Waals surface area contributed by atoms with Gasteiger partial charge in [0.15, 0.2) is 0 Å². The first-order chi connectivity index (χ1) is 9.94. The molecule has 1 aromatic carbocycles. The lowest BCUT2D eigenvalue weighted by molar-refractivity contribution is -0.145. The minimum absolute atomic E-state index is 0.0287. The summed E-state index contributed by atoms with van der Waals surface area (Å²) in [6, 6.07) is 5.97. The third-order valence-corrected chi connectivity index (χ3v) is 3.55. The fraction of sp³-hybridized carbons (Fsp3) is 0.500. The van der Waals surface area contributed by atoms with Gasteiger partial charge in [-0.3, -0.25) is 9.59 Å². The first kappa shape index (κ1) is 15.4. The molecule has 1 amide bonds. The summed E-state index contributed by atoms with van der Waals surface area (Å²) in [5, 5.41) is 8.66. The van der Waals surface area contributed by atoms with Crippen molar-refractivity contribution in [3.8, 4) is 5.75 Å². The minimum Gasteiger partial charge on any atom is -0.493 e. The molecule has 1 aliphatic rings. The van der Waals surface area contributed by atoms with Gasteiger partial charge in [0.1, 0.15) is 5.75 Å². The lowest BCUT2D eigenvalue weighted by Gasteiger charge is -2.38. The predicted octanol–water partition coefficient (Wildman–Crippen LogP) is 2.01. The summed E-state index contributed by atoms with van der Waals surface area (Å²) < 4.78 is 5.61. The molecule has 0 aromatic heterocycles. The van der Waals surface area contributed by atoms with Crippen LogP contribution in [0, 0.1) is 19.8 Å². The molecule has 114 valence electrons. The van der Waals surface area contributed by atoms with Gasteiger partial charge >= 0.3 is 5.97 Å². The van der Waals surface area contributed by atoms with E-state index in [4.69, 9.17) is 9.84 Å². The van der Waals surface area contributed by atoms with Crippen LogP contribution in [0.1, 0.15) is 24.0 Å². The van der Waals surface area contributed by atoms with E-state index in [1.54, 1.807) is 4.90 Å². The van der Waals surface area contributed by atoms with Gasteiger partial charge in [0.05, 0.1) is 19.4 Å². The summed E-state index contributed by atoms with van der Waals surface area (Å²) in [6.07, 6.45) is 0.468. The Kier molecular flexibility index (Phi) is 4.83. The van der Waals surface area contributed by atoms with Crippen LogP contribution in [0.25, 0.3) is 0 Å². The SMILES string of the molecule is Cc1cc(C)cc(OCCC(=O)N2CC(CC(=O)O)C2)c1. The molecule has 0 saturated carbocycles. The monoisotopic (exact) mass is 291 g/mol. The zero-order valence-corrected chi connectivity index (χ0v) is 12.5. The van der Waals surface area contributed by atoms with Crippen molar-refractivity contribution < 1.29 is 19.4 Å². The summed E-state index contributed by atoms with van der Waals surface area (Å²) in [4.78, 5) is 24.1. The molecule has 1 saturated heterocycles. The Morgan fingerprint density at radius 2 is 1.86 bits per heavy atom. The van der Waals surface area contributed by atoms with Gasteiger partial charge in [-0.2, -0.15) is 0 Å². The number of aryl methyl sites for hydroxylation is 2. The maximum absolute atomic E-state index is 11.9. The number of nitrogens with zero attached hydrogens (tertiary/aromatic N) is 1. The zero-order chi connectivity index (χ0) is 15.4. The third-order valence-electron chi connectivity index (χ3n) is 3.55. The number of hydrogen-bond donors (Lipinski definition) is 1. The van der Waals surface area contributed by atoms with Crippen LogP contribution in [0.3, 0.4) is 0 Å². The maximum atomic E-state index is 11.9. The van der Waals surface area contributed by atoms with Crippen LogP contribution < -0.4 is 4.74 Å². The van der Waals surface area contributed by atoms with Gasteiger partial charge in [0, 0.05) is 19.0 Å². The van der Waals surface area contributed by atoms with Crippen molar-refractivity contribution in [2.45, 2.75) is 26.7 Å². The number of ether oxygens (including phenoxy) is 1. The molecule has 0 spiro atoms. The molecule has 1 heterocycles. The topological polar surface area (TPSA) is 66.8 Å². The molecule has 21 heavy (non-hydrogen) atoms. The molecule has 1 aromatic rings. The van der Waals surface area contributed by atoms with Gasteiger partial charge in [-0.05, 0) is 37.1 Å². The summed E-state index contributed by atoms with van der Waals surface area (Å²) in [5.41, 5.74) is 2.27. The number of carbonyl (C=O) groups is 2. The van der Waals surface area contributed by atoms with Crippen LogP contribution in [-0.4, -0.2) is 41.6 Å². The van der Waals surface area contributed by atoms with Gasteiger partial charge in [-0.25, -0.2) is 0 Å². The molecule has 1 aliphatic heterocycles. The van der Waals surface area contributed by atoms with E-state index in [-0.39, 0.29) is 18.2 Å². The number of aliphatic carboxylic acids is 1. The number of rotatable bonds is 6. The van der Waals surface area contributed by atoms with E-state index in [0.717, 1.165) is 16.9 Å². The molecule has 0 bridgehead atoms. The molecule has 0 unspecified atom stereocenters. The normalized spacial score (nSPS) is 14.7. The number of benzene rings is 1. The van der Waals surface area contributed by atoms with Crippen LogP contribution in [-0.2, 0) is 9.59 Å². The number of carbonyl (C=O) groups excluding carboxylic acids is 1. The molecular weight excluding hydrogens is 270 g/mol. The van der Waals surface area contributed by atoms with Crippen molar-refractivity contribution in [2.75, 3.05) is 19.7 Å². The lowest BCUT2D eigenvalue weighted by atomic mass is 9.96. The van der Waals surface area contributed by atoms with E-state index in [1.807, 2.05) is 26.0 Å². The van der Waals surface area contributed by atoms with Crippen LogP contribution in [0.15, 0.2) is 18.2 Å². The fourth-order valence-electron chi connectivity index (χ4n) is 2.58. The maximum Gasteiger partial charge on any atom is 0.303 e. The van der Waals surface area contributed by atoms with Gasteiger partial charge in [-0.15, -0.1) is 0 Å². The zero-order valence-electron chi connectivity index (χ0n) is 12.5. The van der Waals surface area contributed by atoms with Crippen LogP contribution in [0.5, 0.6) is 5.75 Å². The molecular formula is C16H21NO4. The Morgan fingerprint density at radius 3 is 2.43 bits per heavy atom. The van der Waals surface area contributed by atoms with E-state index < -0.39 is 5.97 Å². The standard InChI is InChI=1S/C16H21NO4/c1-11-5-12(2)7-14(6-11)21-4-3-15(18)17-9-13(10-17)8-16(19)20/h5-7,13H,3-4,8-10H2,1-2H3,(H,19,20). The highest BCUT2D eigenvalue weighted by Gasteiger charge is 2.31. The van der Waals surface area contributed by atoms with Crippen LogP contribution in [0.4, 0.5) is 0 Å². The van der Waals surface area contributed by atoms with Crippen LogP contribution >= 0.6 is 0 Å². The van der Waals surface area contributed by atoms with Gasteiger partial charge in [0.25, 0.3) is 0 Å². The Balaban J connectivity index is 1.69. The second-order valence-electron chi connectivity index (χ2n) is 5.68. The predicted molar refractivity (Wildman–Crippen MR) is 78.4 cm³/mol. The average Bonchev–Trinajstić information content (AvgIpc) is 2.31. The average molecular weight is 291 g/mol. The summed E-state index contributed by atoms with van der Waals surface area (Å²) in [6.45, 7) is 5.46. The van der Waals surface area contributed by atoms with Crippen molar-refractivity contribution in [3.63, 3.8) is 0 Å². The third kappa shape index (κ3) is 4.48. The molecule has 2 rings (SSSR count). The molecule has 0 radical (unpaired) electrons. The second kappa shape index (κ2) is 6.61. The number of carboxylic acids is 1. The second-order valence-corrected chi connectivity index (χ2v) is 5.68. The minimum atomic E-state index is -0.801. The number of hydrogen-bond acceptors (Lipinski definition) is 3. The molecule has 0 atom stereocenters. The highest BCUT2D eigenvalue weighted by Crippen LogP contribution is 2.20. The van der Waals surface area contributed by atoms with Crippen molar-refractivity contribution in [2.24, 2.45) is 5.92 Å². The van der Waals surface area contributed by atoms with Gasteiger partial charge in [-0.1, -0.05) is 6.07 Å².